The van der Waals surface area contributed by atoms with Gasteiger partial charge >= 0.3 is 5.97 Å². The minimum Gasteiger partial charge on any atom is -0.480 e. The van der Waals surface area contributed by atoms with E-state index in [0.717, 1.165) is 47.3 Å². The molecule has 2 aliphatic heterocycles. The van der Waals surface area contributed by atoms with E-state index in [2.05, 4.69) is 34.3 Å². The summed E-state index contributed by atoms with van der Waals surface area (Å²) < 4.78 is 82.5. The molecule has 21 nitrogen and oxygen atoms in total. The van der Waals surface area contributed by atoms with Crippen LogP contribution < -0.4 is 11.1 Å². The van der Waals surface area contributed by atoms with Crippen molar-refractivity contribution >= 4 is 39.5 Å². The number of sulfonamides is 1. The number of nitrogens with two attached hydrogens (primary N) is 1. The molecule has 1 amide bonds. The molecule has 0 aromatic heterocycles. The zero-order chi connectivity index (χ0) is 54.9. The number of aliphatic imine (C=N–C) groups is 1. The molecule has 2 heterocycles. The summed E-state index contributed by atoms with van der Waals surface area (Å²) in [6.45, 7) is 12.6. The molecule has 5 rings (SSSR count). The molecule has 2 aliphatic rings. The Labute approximate surface area is 453 Å². The van der Waals surface area contributed by atoms with Gasteiger partial charge in [-0.05, 0) is 60.0 Å². The van der Waals surface area contributed by atoms with Gasteiger partial charge in [-0.25, -0.2) is 18.2 Å². The zero-order valence-electron chi connectivity index (χ0n) is 44.8. The van der Waals surface area contributed by atoms with E-state index in [1.54, 1.807) is 18.2 Å². The Morgan fingerprint density at radius 1 is 0.701 bits per heavy atom. The number of aliphatic hydroxyl groups excluding tert-OH is 1. The highest BCUT2D eigenvalue weighted by Gasteiger charge is 2.36. The van der Waals surface area contributed by atoms with Crippen LogP contribution in [0.15, 0.2) is 82.2 Å². The van der Waals surface area contributed by atoms with Gasteiger partial charge in [0.1, 0.15) is 12.4 Å². The predicted octanol–water partition coefficient (Wildman–Crippen LogP) is 3.62. The summed E-state index contributed by atoms with van der Waals surface area (Å²) in [6, 6.07) is 21.1. The number of benzene rings is 3. The number of carbonyl (C=O) groups excluding carboxylic acids is 1. The number of fused-ring (bicyclic) bond motifs is 1. The maximum Gasteiger partial charge on any atom is 0.329 e. The van der Waals surface area contributed by atoms with Crippen molar-refractivity contribution in [3.63, 3.8) is 0 Å². The van der Waals surface area contributed by atoms with Crippen LogP contribution in [0.4, 0.5) is 5.69 Å². The number of aliphatic carboxylic acids is 1. The highest BCUT2D eigenvalue weighted by molar-refractivity contribution is 7.89. The van der Waals surface area contributed by atoms with Crippen LogP contribution >= 0.6 is 0 Å². The van der Waals surface area contributed by atoms with Gasteiger partial charge in [-0.3, -0.25) is 9.69 Å². The highest BCUT2D eigenvalue weighted by Crippen LogP contribution is 2.36. The van der Waals surface area contributed by atoms with Gasteiger partial charge in [0.2, 0.25) is 15.9 Å². The fourth-order valence-corrected chi connectivity index (χ4v) is 9.77. The minimum atomic E-state index is -3.66. The van der Waals surface area contributed by atoms with Gasteiger partial charge in [0.15, 0.2) is 0 Å². The number of nitrogens with zero attached hydrogens (tertiary/aromatic N) is 3. The average molecular weight is 1100 g/mol. The normalized spacial score (nSPS) is 14.4. The molecule has 1 unspecified atom stereocenters. The monoisotopic (exact) mass is 1100 g/mol. The number of hydrogen-bond acceptors (Lipinski definition) is 18. The first kappa shape index (κ1) is 63.1. The van der Waals surface area contributed by atoms with Crippen LogP contribution in [0.1, 0.15) is 53.5 Å². The van der Waals surface area contributed by atoms with E-state index in [1.807, 2.05) is 49.5 Å². The van der Waals surface area contributed by atoms with Crippen LogP contribution in [0, 0.1) is 5.92 Å². The number of ether oxygens (including phenoxy) is 10. The number of amides is 1. The third-order valence-corrected chi connectivity index (χ3v) is 14.1. The maximum atomic E-state index is 13.5. The van der Waals surface area contributed by atoms with Crippen LogP contribution in [0.25, 0.3) is 6.08 Å². The fourth-order valence-electron chi connectivity index (χ4n) is 8.12. The van der Waals surface area contributed by atoms with Crippen LogP contribution in [-0.4, -0.2) is 211 Å². The van der Waals surface area contributed by atoms with Crippen LogP contribution in [-0.2, 0) is 80.1 Å². The van der Waals surface area contributed by atoms with Crippen molar-refractivity contribution in [3.8, 4) is 0 Å². The van der Waals surface area contributed by atoms with E-state index < -0.39 is 16.0 Å². The van der Waals surface area contributed by atoms with Crippen molar-refractivity contribution in [3.05, 3.63) is 100 Å². The van der Waals surface area contributed by atoms with E-state index >= 15 is 0 Å². The van der Waals surface area contributed by atoms with Crippen molar-refractivity contribution in [2.24, 2.45) is 16.6 Å². The van der Waals surface area contributed by atoms with Crippen molar-refractivity contribution in [2.75, 3.05) is 165 Å². The maximum absolute atomic E-state index is 13.5. The summed E-state index contributed by atoms with van der Waals surface area (Å²) in [4.78, 5) is 30.9. The highest BCUT2D eigenvalue weighted by atomic mass is 32.2. The topological polar surface area (TPSA) is 258 Å². The zero-order valence-corrected chi connectivity index (χ0v) is 45.6. The molecule has 3 aromatic carbocycles. The van der Waals surface area contributed by atoms with E-state index in [9.17, 15) is 23.1 Å². The quantitative estimate of drug-likeness (QED) is 0.0590. The van der Waals surface area contributed by atoms with Gasteiger partial charge in [-0.2, -0.15) is 4.31 Å². The number of likely N-dealkylation sites (N-methyl/N-ethyl adjacent to an activating group) is 1. The molecule has 5 N–H and O–H groups in total. The Hall–Kier alpha value is -4.76. The molecule has 0 saturated carbocycles. The summed E-state index contributed by atoms with van der Waals surface area (Å²) in [5.41, 5.74) is 12.3. The fraction of sp³-hybridized carbons (Fsp3) is 0.582. The molecule has 0 bridgehead atoms. The Bertz CT molecular complexity index is 2350. The Morgan fingerprint density at radius 2 is 1.19 bits per heavy atom. The molecule has 1 atom stereocenters. The lowest BCUT2D eigenvalue weighted by molar-refractivity contribution is -0.142. The lowest BCUT2D eigenvalue weighted by atomic mass is 9.88. The van der Waals surface area contributed by atoms with Gasteiger partial charge in [0.05, 0.1) is 136 Å². The van der Waals surface area contributed by atoms with E-state index in [4.69, 9.17) is 58.2 Å². The summed E-state index contributed by atoms with van der Waals surface area (Å²) in [5.74, 6) is -1.02. The molecule has 3 aromatic rings. The Morgan fingerprint density at radius 3 is 1.70 bits per heavy atom. The SMILES string of the molecule is CCC(c1cccc(S(=O)(=O)N2CC(CO)C2)c1)c1ccc2c(c1)N=C(N)CC(C(=O)NCc1ccc(CN(C)CCOCCOCCOCCOCCOCCOCCOCCOCCOCCOCC(=O)O)cc1)=C2. The first-order valence-corrected chi connectivity index (χ1v) is 27.8. The number of rotatable bonds is 43. The smallest absolute Gasteiger partial charge is 0.329 e. The molecule has 77 heavy (non-hydrogen) atoms. The molecule has 0 spiro atoms. The van der Waals surface area contributed by atoms with E-state index in [0.29, 0.717) is 156 Å². The first-order valence-electron chi connectivity index (χ1n) is 26.4. The Balaban J connectivity index is 0.836. The first-order chi connectivity index (χ1) is 37.5. The molecule has 428 valence electrons. The third kappa shape index (κ3) is 24.0. The molecular formula is C55H81N5O16S. The second-order valence-electron chi connectivity index (χ2n) is 18.4. The molecular weight excluding hydrogens is 1020 g/mol. The van der Waals surface area contributed by atoms with Gasteiger partial charge in [0, 0.05) is 68.7 Å². The van der Waals surface area contributed by atoms with Crippen LogP contribution in [0.5, 0.6) is 0 Å². The van der Waals surface area contributed by atoms with Crippen molar-refractivity contribution in [2.45, 2.75) is 43.7 Å². The van der Waals surface area contributed by atoms with Crippen molar-refractivity contribution in [1.82, 2.24) is 14.5 Å². The van der Waals surface area contributed by atoms with E-state index in [1.165, 1.54) is 4.31 Å². The molecule has 1 fully saturated rings. The number of carboxylic acid groups (broad SMARTS) is 1. The Kier molecular flexibility index (Phi) is 29.8. The summed E-state index contributed by atoms with van der Waals surface area (Å²) in [5, 5.41) is 20.9. The standard InChI is InChI=1S/C55H81N5O16S/c1-3-51(46-5-4-6-50(34-46)77(65,66)60-39-45(40-60)41-61)47-11-12-48-33-49(36-53(56)58-52(48)35-47)55(64)57-37-43-7-9-44(10-8-43)38-59(2)13-14-67-15-16-68-17-18-69-19-20-70-21-22-71-23-24-72-25-26-73-27-28-74-29-30-75-31-32-76-42-54(62)63/h4-12,33-35,45,51,61H,3,13-32,36-42H2,1-2H3,(H2,56,58)(H,57,64)(H,62,63). The van der Waals surface area contributed by atoms with Gasteiger partial charge in [0.25, 0.3) is 0 Å². The van der Waals surface area contributed by atoms with Crippen molar-refractivity contribution in [1.29, 1.82) is 0 Å². The molecule has 0 aliphatic carbocycles. The number of aliphatic hydroxyl groups is 1. The second kappa shape index (κ2) is 36.4. The number of amidine groups is 1. The third-order valence-electron chi connectivity index (χ3n) is 12.3. The summed E-state index contributed by atoms with van der Waals surface area (Å²) in [6.07, 6.45) is 2.76. The second-order valence-corrected chi connectivity index (χ2v) is 20.3. The van der Waals surface area contributed by atoms with Crippen LogP contribution in [0.3, 0.4) is 0 Å². The summed E-state index contributed by atoms with van der Waals surface area (Å²) >= 11 is 0. The largest absolute Gasteiger partial charge is 0.480 e. The van der Waals surface area contributed by atoms with Crippen LogP contribution in [0.2, 0.25) is 0 Å². The van der Waals surface area contributed by atoms with Gasteiger partial charge in [-0.15, -0.1) is 0 Å². The van der Waals surface area contributed by atoms with Crippen molar-refractivity contribution < 1.29 is 75.6 Å². The van der Waals surface area contributed by atoms with Gasteiger partial charge < -0.3 is 68.6 Å². The lowest BCUT2D eigenvalue weighted by Crippen LogP contribution is -2.51. The lowest BCUT2D eigenvalue weighted by Gasteiger charge is -2.37. The minimum absolute atomic E-state index is 0.0259. The molecule has 1 saturated heterocycles. The summed E-state index contributed by atoms with van der Waals surface area (Å²) in [7, 11) is -1.62. The predicted molar refractivity (Wildman–Crippen MR) is 289 cm³/mol. The number of nitrogens with one attached hydrogen (secondary N) is 1. The van der Waals surface area contributed by atoms with Gasteiger partial charge in [-0.1, -0.05) is 55.5 Å². The number of carboxylic acids is 1. The van der Waals surface area contributed by atoms with E-state index in [-0.39, 0.29) is 48.9 Å². The molecule has 0 radical (unpaired) electrons. The average Bonchev–Trinajstić information content (AvgIpc) is 3.58. The number of carbonyl (C=O) groups is 2. The molecule has 22 heteroatoms. The number of hydrogen-bond donors (Lipinski definition) is 4.